The predicted molar refractivity (Wildman–Crippen MR) is 96.7 cm³/mol. The van der Waals surface area contributed by atoms with Gasteiger partial charge in [-0.25, -0.2) is 4.68 Å². The molecule has 1 fully saturated rings. The van der Waals surface area contributed by atoms with Crippen LogP contribution in [-0.4, -0.2) is 62.1 Å². The number of aromatic nitrogens is 4. The van der Waals surface area contributed by atoms with Crippen molar-refractivity contribution in [2.45, 2.75) is 52.1 Å². The third-order valence-corrected chi connectivity index (χ3v) is 4.91. The molecule has 1 aliphatic heterocycles. The number of unbranched alkanes of at least 4 members (excludes halogenated alkanes) is 1. The van der Waals surface area contributed by atoms with Crippen LogP contribution >= 0.6 is 0 Å². The van der Waals surface area contributed by atoms with E-state index in [0.29, 0.717) is 18.8 Å². The van der Waals surface area contributed by atoms with Crippen molar-refractivity contribution in [1.29, 1.82) is 0 Å². The van der Waals surface area contributed by atoms with E-state index in [-0.39, 0.29) is 18.0 Å². The van der Waals surface area contributed by atoms with Gasteiger partial charge in [-0.3, -0.25) is 9.69 Å². The van der Waals surface area contributed by atoms with E-state index in [2.05, 4.69) is 41.2 Å². The van der Waals surface area contributed by atoms with E-state index in [1.807, 2.05) is 9.58 Å². The summed E-state index contributed by atoms with van der Waals surface area (Å²) in [5, 5.41) is 12.4. The monoisotopic (exact) mass is 360 g/mol. The molecule has 0 radical (unpaired) electrons. The summed E-state index contributed by atoms with van der Waals surface area (Å²) in [7, 11) is 0. The lowest BCUT2D eigenvalue weighted by Gasteiger charge is -2.38. The van der Waals surface area contributed by atoms with Crippen LogP contribution in [0.2, 0.25) is 0 Å². The lowest BCUT2D eigenvalue weighted by molar-refractivity contribution is 0.0511. The highest BCUT2D eigenvalue weighted by Gasteiger charge is 2.31. The van der Waals surface area contributed by atoms with Gasteiger partial charge in [-0.05, 0) is 42.8 Å². The van der Waals surface area contributed by atoms with Crippen molar-refractivity contribution in [3.8, 4) is 0 Å². The minimum atomic E-state index is -0.0354. The summed E-state index contributed by atoms with van der Waals surface area (Å²) in [6.45, 7) is 9.38. The van der Waals surface area contributed by atoms with Crippen molar-refractivity contribution in [2.75, 3.05) is 26.2 Å². The van der Waals surface area contributed by atoms with E-state index in [1.54, 1.807) is 12.1 Å². The Bertz CT molecular complexity index is 688. The highest BCUT2D eigenvalue weighted by atomic mass is 16.3. The first-order valence-electron chi connectivity index (χ1n) is 9.46. The summed E-state index contributed by atoms with van der Waals surface area (Å²) in [6.07, 6.45) is 4.82. The second-order valence-electron chi connectivity index (χ2n) is 7.04. The minimum Gasteiger partial charge on any atom is -0.459 e. The first-order valence-corrected chi connectivity index (χ1v) is 9.46. The van der Waals surface area contributed by atoms with Gasteiger partial charge in [0.2, 0.25) is 0 Å². The van der Waals surface area contributed by atoms with Crippen molar-refractivity contribution in [1.82, 2.24) is 30.0 Å². The lowest BCUT2D eigenvalue weighted by atomic mass is 10.1. The second kappa shape index (κ2) is 8.44. The second-order valence-corrected chi connectivity index (χ2v) is 7.04. The average Bonchev–Trinajstić information content (AvgIpc) is 3.34. The Hall–Kier alpha value is -2.22. The zero-order valence-electron chi connectivity index (χ0n) is 15.8. The number of rotatable bonds is 7. The van der Waals surface area contributed by atoms with Crippen LogP contribution in [0, 0.1) is 0 Å². The number of hydrogen-bond acceptors (Lipinski definition) is 6. The molecule has 3 rings (SSSR count). The van der Waals surface area contributed by atoms with Crippen LogP contribution in [0.1, 0.15) is 68.5 Å². The Labute approximate surface area is 154 Å². The van der Waals surface area contributed by atoms with Crippen molar-refractivity contribution in [2.24, 2.45) is 0 Å². The van der Waals surface area contributed by atoms with E-state index < -0.39 is 0 Å². The number of amides is 1. The fraction of sp³-hybridized carbons (Fsp3) is 0.667. The highest BCUT2D eigenvalue weighted by molar-refractivity contribution is 5.91. The molecule has 1 amide bonds. The summed E-state index contributed by atoms with van der Waals surface area (Å²) < 4.78 is 7.16. The molecule has 26 heavy (non-hydrogen) atoms. The van der Waals surface area contributed by atoms with Gasteiger partial charge in [0.1, 0.15) is 0 Å². The fourth-order valence-electron chi connectivity index (χ4n) is 3.45. The standard InChI is InChI=1S/C18H28N6O2/c1-4-5-7-15(17-19-20-21-24(17)14(2)3)22-9-11-23(12-10-22)18(25)16-8-6-13-26-16/h6,8,13-15H,4-5,7,9-12H2,1-3H3/t15-/m1/s1. The van der Waals surface area contributed by atoms with Gasteiger partial charge >= 0.3 is 0 Å². The molecule has 1 aliphatic rings. The normalized spacial score (nSPS) is 17.0. The third-order valence-electron chi connectivity index (χ3n) is 4.91. The van der Waals surface area contributed by atoms with Crippen molar-refractivity contribution in [3.63, 3.8) is 0 Å². The van der Waals surface area contributed by atoms with Crippen LogP contribution < -0.4 is 0 Å². The number of hydrogen-bond donors (Lipinski definition) is 0. The van der Waals surface area contributed by atoms with Gasteiger partial charge in [0.15, 0.2) is 11.6 Å². The van der Waals surface area contributed by atoms with Crippen molar-refractivity contribution >= 4 is 5.91 Å². The molecular weight excluding hydrogens is 332 g/mol. The van der Waals surface area contributed by atoms with Gasteiger partial charge in [0.25, 0.3) is 5.91 Å². The van der Waals surface area contributed by atoms with E-state index in [0.717, 1.165) is 38.2 Å². The molecule has 0 saturated carbocycles. The fourth-order valence-corrected chi connectivity index (χ4v) is 3.45. The van der Waals surface area contributed by atoms with E-state index >= 15 is 0 Å². The van der Waals surface area contributed by atoms with Gasteiger partial charge in [-0.1, -0.05) is 19.8 Å². The van der Waals surface area contributed by atoms with E-state index in [1.165, 1.54) is 6.26 Å². The van der Waals surface area contributed by atoms with Crippen molar-refractivity contribution in [3.05, 3.63) is 30.0 Å². The largest absolute Gasteiger partial charge is 0.459 e. The molecule has 2 aromatic rings. The van der Waals surface area contributed by atoms with Crippen LogP contribution in [0.3, 0.4) is 0 Å². The molecule has 0 aromatic carbocycles. The van der Waals surface area contributed by atoms with Crippen LogP contribution in [0.15, 0.2) is 22.8 Å². The predicted octanol–water partition coefficient (Wildman–Crippen LogP) is 2.54. The topological polar surface area (TPSA) is 80.3 Å². The molecule has 0 aliphatic carbocycles. The lowest BCUT2D eigenvalue weighted by Crippen LogP contribution is -2.50. The Morgan fingerprint density at radius 2 is 2.04 bits per heavy atom. The summed E-state index contributed by atoms with van der Waals surface area (Å²) in [6, 6.07) is 3.88. The first-order chi connectivity index (χ1) is 12.6. The number of carbonyl (C=O) groups excluding carboxylic acids is 1. The number of piperazine rings is 1. The minimum absolute atomic E-state index is 0.0354. The molecule has 1 saturated heterocycles. The maximum absolute atomic E-state index is 12.5. The summed E-state index contributed by atoms with van der Waals surface area (Å²) >= 11 is 0. The molecule has 0 unspecified atom stereocenters. The number of tetrazole rings is 1. The van der Waals surface area contributed by atoms with E-state index in [4.69, 9.17) is 4.42 Å². The Morgan fingerprint density at radius 3 is 2.65 bits per heavy atom. The molecule has 3 heterocycles. The molecule has 8 heteroatoms. The van der Waals surface area contributed by atoms with Crippen LogP contribution in [0.25, 0.3) is 0 Å². The van der Waals surface area contributed by atoms with Gasteiger partial charge in [-0.15, -0.1) is 5.10 Å². The molecule has 0 bridgehead atoms. The number of furan rings is 1. The van der Waals surface area contributed by atoms with Crippen molar-refractivity contribution < 1.29 is 9.21 Å². The zero-order chi connectivity index (χ0) is 18.5. The molecular formula is C18H28N6O2. The van der Waals surface area contributed by atoms with E-state index in [9.17, 15) is 4.79 Å². The van der Waals surface area contributed by atoms with Gasteiger partial charge in [0.05, 0.1) is 18.3 Å². The first kappa shape index (κ1) is 18.6. The summed E-state index contributed by atoms with van der Waals surface area (Å²) in [5.74, 6) is 1.30. The Balaban J connectivity index is 1.69. The Kier molecular flexibility index (Phi) is 6.03. The molecule has 8 nitrogen and oxygen atoms in total. The SMILES string of the molecule is CCCC[C@H](c1nnnn1C(C)C)N1CCN(C(=O)c2ccco2)CC1. The van der Waals surface area contributed by atoms with Crippen LogP contribution in [0.5, 0.6) is 0 Å². The highest BCUT2D eigenvalue weighted by Crippen LogP contribution is 2.27. The summed E-state index contributed by atoms with van der Waals surface area (Å²) in [4.78, 5) is 16.7. The molecule has 2 aromatic heterocycles. The van der Waals surface area contributed by atoms with Crippen LogP contribution in [0.4, 0.5) is 0 Å². The van der Waals surface area contributed by atoms with Gasteiger partial charge < -0.3 is 9.32 Å². The quantitative estimate of drug-likeness (QED) is 0.755. The summed E-state index contributed by atoms with van der Waals surface area (Å²) in [5.41, 5.74) is 0. The Morgan fingerprint density at radius 1 is 1.27 bits per heavy atom. The van der Waals surface area contributed by atoms with Gasteiger partial charge in [0, 0.05) is 26.2 Å². The number of nitrogens with zero attached hydrogens (tertiary/aromatic N) is 6. The zero-order valence-corrected chi connectivity index (χ0v) is 15.8. The number of carbonyl (C=O) groups is 1. The average molecular weight is 360 g/mol. The third kappa shape index (κ3) is 3.95. The smallest absolute Gasteiger partial charge is 0.289 e. The molecule has 1 atom stereocenters. The van der Waals surface area contributed by atoms with Gasteiger partial charge in [-0.2, -0.15) is 0 Å². The molecule has 0 spiro atoms. The maximum atomic E-state index is 12.5. The molecule has 0 N–H and O–H groups in total. The molecule has 142 valence electrons. The van der Waals surface area contributed by atoms with Crippen LogP contribution in [-0.2, 0) is 0 Å². The maximum Gasteiger partial charge on any atom is 0.289 e.